The molecule has 0 radical (unpaired) electrons. The van der Waals surface area contributed by atoms with E-state index in [1.54, 1.807) is 11.3 Å². The number of ether oxygens (including phenoxy) is 1. The number of nitrogens with one attached hydrogen (secondary N) is 1. The number of amides is 1. The Morgan fingerprint density at radius 1 is 1.48 bits per heavy atom. The summed E-state index contributed by atoms with van der Waals surface area (Å²) in [6.07, 6.45) is 2.08. The van der Waals surface area contributed by atoms with Crippen LogP contribution in [-0.4, -0.2) is 23.5 Å². The van der Waals surface area contributed by atoms with Gasteiger partial charge in [0.05, 0.1) is 5.01 Å². The van der Waals surface area contributed by atoms with E-state index in [1.165, 1.54) is 0 Å². The van der Waals surface area contributed by atoms with Gasteiger partial charge in [0.1, 0.15) is 5.75 Å². The summed E-state index contributed by atoms with van der Waals surface area (Å²) in [6, 6.07) is 7.81. The minimum absolute atomic E-state index is 0.0264. The first-order chi connectivity index (χ1) is 10.2. The largest absolute Gasteiger partial charge is 0.480 e. The molecule has 0 bridgehead atoms. The van der Waals surface area contributed by atoms with Gasteiger partial charge in [-0.05, 0) is 25.0 Å². The third kappa shape index (κ3) is 3.42. The highest BCUT2D eigenvalue weighted by molar-refractivity contribution is 7.09. The average molecular weight is 302 g/mol. The Hall–Kier alpha value is -1.88. The summed E-state index contributed by atoms with van der Waals surface area (Å²) in [4.78, 5) is 16.5. The van der Waals surface area contributed by atoms with Crippen molar-refractivity contribution in [1.29, 1.82) is 0 Å². The van der Waals surface area contributed by atoms with Crippen molar-refractivity contribution in [2.75, 3.05) is 6.54 Å². The second kappa shape index (κ2) is 6.26. The van der Waals surface area contributed by atoms with E-state index in [0.717, 1.165) is 34.9 Å². The molecular formula is C16H18N2O2S. The first-order valence-corrected chi connectivity index (χ1v) is 8.03. The first-order valence-electron chi connectivity index (χ1n) is 7.15. The van der Waals surface area contributed by atoms with Crippen LogP contribution in [0.5, 0.6) is 5.75 Å². The monoisotopic (exact) mass is 302 g/mol. The fourth-order valence-electron chi connectivity index (χ4n) is 2.41. The topological polar surface area (TPSA) is 51.2 Å². The molecule has 1 atom stereocenters. The molecule has 1 aliphatic heterocycles. The van der Waals surface area contributed by atoms with Crippen LogP contribution in [0.1, 0.15) is 22.7 Å². The summed E-state index contributed by atoms with van der Waals surface area (Å²) in [6.45, 7) is 2.66. The smallest absolute Gasteiger partial charge is 0.261 e. The van der Waals surface area contributed by atoms with Crippen LogP contribution < -0.4 is 10.1 Å². The van der Waals surface area contributed by atoms with Crippen LogP contribution in [0.2, 0.25) is 0 Å². The predicted octanol–water partition coefficient (Wildman–Crippen LogP) is 2.50. The van der Waals surface area contributed by atoms with Gasteiger partial charge in [0, 0.05) is 30.5 Å². The third-order valence-corrected chi connectivity index (χ3v) is 4.50. The van der Waals surface area contributed by atoms with Crippen molar-refractivity contribution < 1.29 is 9.53 Å². The number of thiazole rings is 1. The molecule has 5 heteroatoms. The summed E-state index contributed by atoms with van der Waals surface area (Å²) in [5.41, 5.74) is 2.17. The zero-order chi connectivity index (χ0) is 14.7. The number of carbonyl (C=O) groups is 1. The fraction of sp³-hybridized carbons (Fsp3) is 0.375. The number of aryl methyl sites for hydroxylation is 2. The number of para-hydroxylation sites is 1. The molecule has 1 aromatic heterocycles. The molecule has 0 fully saturated rings. The molecule has 110 valence electrons. The van der Waals surface area contributed by atoms with Gasteiger partial charge in [-0.15, -0.1) is 11.3 Å². The lowest BCUT2D eigenvalue weighted by Crippen LogP contribution is -2.38. The van der Waals surface area contributed by atoms with Gasteiger partial charge in [-0.3, -0.25) is 4.79 Å². The van der Waals surface area contributed by atoms with Crippen LogP contribution in [0, 0.1) is 6.92 Å². The summed E-state index contributed by atoms with van der Waals surface area (Å²) in [5, 5.41) is 6.13. The van der Waals surface area contributed by atoms with E-state index in [0.29, 0.717) is 13.0 Å². The molecular weight excluding hydrogens is 284 g/mol. The number of benzene rings is 1. The van der Waals surface area contributed by atoms with E-state index in [2.05, 4.69) is 15.7 Å². The Kier molecular flexibility index (Phi) is 4.20. The van der Waals surface area contributed by atoms with E-state index >= 15 is 0 Å². The summed E-state index contributed by atoms with van der Waals surface area (Å²) in [5.74, 6) is 0.803. The number of hydrogen-bond donors (Lipinski definition) is 1. The second-order valence-electron chi connectivity index (χ2n) is 5.20. The van der Waals surface area contributed by atoms with Crippen molar-refractivity contribution >= 4 is 17.2 Å². The fourth-order valence-corrected chi connectivity index (χ4v) is 3.23. The SMILES string of the molecule is Cc1csc(CCCNC(=O)C2Cc3ccccc3O2)n1. The quantitative estimate of drug-likeness (QED) is 0.863. The number of rotatable bonds is 5. The highest BCUT2D eigenvalue weighted by Gasteiger charge is 2.28. The first kappa shape index (κ1) is 14.1. The summed E-state index contributed by atoms with van der Waals surface area (Å²) in [7, 11) is 0. The molecule has 1 aromatic carbocycles. The Morgan fingerprint density at radius 2 is 2.33 bits per heavy atom. The van der Waals surface area contributed by atoms with Crippen molar-refractivity contribution in [2.24, 2.45) is 0 Å². The Morgan fingerprint density at radius 3 is 3.10 bits per heavy atom. The second-order valence-corrected chi connectivity index (χ2v) is 6.14. The maximum atomic E-state index is 12.1. The highest BCUT2D eigenvalue weighted by atomic mass is 32.1. The third-order valence-electron chi connectivity index (χ3n) is 3.47. The van der Waals surface area contributed by atoms with Crippen LogP contribution >= 0.6 is 11.3 Å². The minimum Gasteiger partial charge on any atom is -0.480 e. The molecule has 2 aromatic rings. The lowest BCUT2D eigenvalue weighted by atomic mass is 10.1. The maximum absolute atomic E-state index is 12.1. The number of aromatic nitrogens is 1. The van der Waals surface area contributed by atoms with Gasteiger partial charge in [0.15, 0.2) is 6.10 Å². The van der Waals surface area contributed by atoms with Crippen molar-refractivity contribution in [3.8, 4) is 5.75 Å². The number of nitrogens with zero attached hydrogens (tertiary/aromatic N) is 1. The van der Waals surface area contributed by atoms with Crippen LogP contribution in [0.3, 0.4) is 0 Å². The number of carbonyl (C=O) groups excluding carboxylic acids is 1. The van der Waals surface area contributed by atoms with Gasteiger partial charge in [0.2, 0.25) is 0 Å². The minimum atomic E-state index is -0.385. The van der Waals surface area contributed by atoms with Crippen LogP contribution in [0.25, 0.3) is 0 Å². The van der Waals surface area contributed by atoms with Gasteiger partial charge < -0.3 is 10.1 Å². The number of fused-ring (bicyclic) bond motifs is 1. The van der Waals surface area contributed by atoms with E-state index in [1.807, 2.05) is 31.2 Å². The zero-order valence-electron chi connectivity index (χ0n) is 12.0. The van der Waals surface area contributed by atoms with E-state index in [-0.39, 0.29) is 12.0 Å². The summed E-state index contributed by atoms with van der Waals surface area (Å²) >= 11 is 1.68. The molecule has 1 N–H and O–H groups in total. The Labute approximate surface area is 128 Å². The molecule has 3 rings (SSSR count). The highest BCUT2D eigenvalue weighted by Crippen LogP contribution is 2.28. The molecule has 21 heavy (non-hydrogen) atoms. The van der Waals surface area contributed by atoms with Gasteiger partial charge >= 0.3 is 0 Å². The zero-order valence-corrected chi connectivity index (χ0v) is 12.8. The van der Waals surface area contributed by atoms with Crippen molar-refractivity contribution in [3.63, 3.8) is 0 Å². The molecule has 0 spiro atoms. The van der Waals surface area contributed by atoms with Crippen molar-refractivity contribution in [2.45, 2.75) is 32.3 Å². The van der Waals surface area contributed by atoms with Gasteiger partial charge in [-0.2, -0.15) is 0 Å². The van der Waals surface area contributed by atoms with Gasteiger partial charge in [0.25, 0.3) is 5.91 Å². The lowest BCUT2D eigenvalue weighted by molar-refractivity contribution is -0.127. The van der Waals surface area contributed by atoms with Gasteiger partial charge in [-0.1, -0.05) is 18.2 Å². The Bertz CT molecular complexity index is 614. The lowest BCUT2D eigenvalue weighted by Gasteiger charge is -2.10. The van der Waals surface area contributed by atoms with E-state index < -0.39 is 0 Å². The molecule has 0 saturated heterocycles. The van der Waals surface area contributed by atoms with Crippen LogP contribution in [0.15, 0.2) is 29.6 Å². The van der Waals surface area contributed by atoms with Gasteiger partial charge in [-0.25, -0.2) is 4.98 Å². The normalized spacial score (nSPS) is 16.3. The predicted molar refractivity (Wildman–Crippen MR) is 82.7 cm³/mol. The molecule has 4 nitrogen and oxygen atoms in total. The number of hydrogen-bond acceptors (Lipinski definition) is 4. The van der Waals surface area contributed by atoms with Crippen molar-refractivity contribution in [1.82, 2.24) is 10.3 Å². The Balaban J connectivity index is 1.41. The molecule has 1 unspecified atom stereocenters. The summed E-state index contributed by atoms with van der Waals surface area (Å²) < 4.78 is 5.67. The maximum Gasteiger partial charge on any atom is 0.261 e. The molecule has 0 saturated carbocycles. The van der Waals surface area contributed by atoms with Crippen LogP contribution in [-0.2, 0) is 17.6 Å². The van der Waals surface area contributed by atoms with E-state index in [9.17, 15) is 4.79 Å². The van der Waals surface area contributed by atoms with E-state index in [4.69, 9.17) is 4.74 Å². The molecule has 1 aliphatic rings. The molecule has 1 amide bonds. The van der Waals surface area contributed by atoms with Crippen LogP contribution in [0.4, 0.5) is 0 Å². The molecule has 0 aliphatic carbocycles. The van der Waals surface area contributed by atoms with Crippen molar-refractivity contribution in [3.05, 3.63) is 45.9 Å². The molecule has 2 heterocycles. The average Bonchev–Trinajstić information content (AvgIpc) is 3.09. The standard InChI is InChI=1S/C16H18N2O2S/c1-11-10-21-15(18-11)7-4-8-17-16(19)14-9-12-5-2-3-6-13(12)20-14/h2-3,5-6,10,14H,4,7-9H2,1H3,(H,17,19).